The second-order valence-corrected chi connectivity index (χ2v) is 2.47. The van der Waals surface area contributed by atoms with E-state index in [2.05, 4.69) is 34.4 Å². The summed E-state index contributed by atoms with van der Waals surface area (Å²) in [6.45, 7) is 2.10. The fraction of sp³-hybridized carbons (Fsp3) is 0.714. The molecule has 0 saturated carbocycles. The lowest BCUT2D eigenvalue weighted by atomic mass is 10.4. The first-order valence-electron chi connectivity index (χ1n) is 3.08. The first-order valence-corrected chi connectivity index (χ1v) is 4.61. The molecule has 0 aliphatic heterocycles. The van der Waals surface area contributed by atoms with Crippen molar-refractivity contribution in [3.8, 4) is 11.8 Å². The third kappa shape index (κ3) is 8.21. The van der Waals surface area contributed by atoms with Crippen LogP contribution in [0.25, 0.3) is 0 Å². The Labute approximate surface area is 75.1 Å². The van der Waals surface area contributed by atoms with E-state index in [1.165, 1.54) is 0 Å². The van der Waals surface area contributed by atoms with Crippen LogP contribution in [0.1, 0.15) is 13.3 Å². The Morgan fingerprint density at radius 3 is 2.80 bits per heavy atom. The molecule has 0 aromatic carbocycles. The van der Waals surface area contributed by atoms with Gasteiger partial charge in [-0.1, -0.05) is 28.5 Å². The van der Waals surface area contributed by atoms with Gasteiger partial charge in [-0.3, -0.25) is 0 Å². The predicted molar refractivity (Wildman–Crippen MR) is 48.9 cm³/mol. The number of halogens is 1. The Bertz CT molecular complexity index is 123. The molecule has 0 heterocycles. The fourth-order valence-corrected chi connectivity index (χ4v) is 0.686. The van der Waals surface area contributed by atoms with Gasteiger partial charge in [0.1, 0.15) is 0 Å². The zero-order valence-corrected chi connectivity index (χ0v) is 8.09. The Kier molecular flexibility index (Phi) is 7.47. The molecule has 0 aliphatic carbocycles. The molecule has 0 aromatic rings. The van der Waals surface area contributed by atoms with Crippen LogP contribution in [0, 0.1) is 11.8 Å². The molecule has 1 N–H and O–H groups in total. The lowest BCUT2D eigenvalue weighted by Gasteiger charge is -2.02. The molecule has 58 valence electrons. The highest BCUT2D eigenvalue weighted by Crippen LogP contribution is 1.86. The van der Waals surface area contributed by atoms with Gasteiger partial charge in [0.05, 0.1) is 11.0 Å². The largest absolute Gasteiger partial charge is 0.368 e. The fourth-order valence-electron chi connectivity index (χ4n) is 0.416. The Balaban J connectivity index is 3.05. The molecule has 3 heteroatoms. The smallest absolute Gasteiger partial charge is 0.151 e. The second-order valence-electron chi connectivity index (χ2n) is 1.71. The number of hydrogen-bond acceptors (Lipinski definition) is 2. The third-order valence-corrected chi connectivity index (χ3v) is 1.16. The molecule has 0 aromatic heterocycles. The van der Waals surface area contributed by atoms with Gasteiger partial charge in [0, 0.05) is 6.42 Å². The SMILES string of the molecule is CC(O)OCCC#CCI. The average molecular weight is 254 g/mol. The molecular weight excluding hydrogens is 243 g/mol. The van der Waals surface area contributed by atoms with Crippen LogP contribution in [-0.2, 0) is 4.74 Å². The van der Waals surface area contributed by atoms with Crippen LogP contribution in [0.3, 0.4) is 0 Å². The van der Waals surface area contributed by atoms with E-state index >= 15 is 0 Å². The highest BCUT2D eigenvalue weighted by molar-refractivity contribution is 14.1. The van der Waals surface area contributed by atoms with Crippen molar-refractivity contribution in [3.63, 3.8) is 0 Å². The molecule has 0 radical (unpaired) electrons. The molecule has 0 bridgehead atoms. The Morgan fingerprint density at radius 2 is 2.30 bits per heavy atom. The van der Waals surface area contributed by atoms with E-state index in [0.717, 1.165) is 4.43 Å². The van der Waals surface area contributed by atoms with E-state index in [1.54, 1.807) is 6.92 Å². The maximum atomic E-state index is 8.64. The predicted octanol–water partition coefficient (Wildman–Crippen LogP) is 1.17. The number of aliphatic hydroxyl groups excluding tert-OH is 1. The zero-order valence-electron chi connectivity index (χ0n) is 5.93. The van der Waals surface area contributed by atoms with Crippen molar-refractivity contribution in [1.29, 1.82) is 0 Å². The number of rotatable bonds is 3. The van der Waals surface area contributed by atoms with Crippen LogP contribution in [0.15, 0.2) is 0 Å². The van der Waals surface area contributed by atoms with Gasteiger partial charge in [-0.2, -0.15) is 0 Å². The van der Waals surface area contributed by atoms with Crippen molar-refractivity contribution in [2.24, 2.45) is 0 Å². The van der Waals surface area contributed by atoms with Gasteiger partial charge in [0.25, 0.3) is 0 Å². The van der Waals surface area contributed by atoms with E-state index in [1.807, 2.05) is 0 Å². The van der Waals surface area contributed by atoms with Crippen molar-refractivity contribution >= 4 is 22.6 Å². The molecule has 10 heavy (non-hydrogen) atoms. The molecule has 0 fully saturated rings. The van der Waals surface area contributed by atoms with Crippen molar-refractivity contribution in [1.82, 2.24) is 0 Å². The van der Waals surface area contributed by atoms with Gasteiger partial charge in [0.2, 0.25) is 0 Å². The summed E-state index contributed by atoms with van der Waals surface area (Å²) in [7, 11) is 0. The first-order chi connectivity index (χ1) is 4.77. The molecule has 0 aliphatic rings. The summed E-state index contributed by atoms with van der Waals surface area (Å²) >= 11 is 2.19. The average Bonchev–Trinajstić information content (AvgIpc) is 1.87. The minimum atomic E-state index is -0.665. The molecule has 0 spiro atoms. The normalized spacial score (nSPS) is 11.9. The molecule has 0 rings (SSSR count). The molecule has 2 nitrogen and oxygen atoms in total. The first kappa shape index (κ1) is 10.2. The topological polar surface area (TPSA) is 29.5 Å². The van der Waals surface area contributed by atoms with Gasteiger partial charge in [-0.15, -0.1) is 5.92 Å². The number of alkyl halides is 1. The van der Waals surface area contributed by atoms with Gasteiger partial charge in [0.15, 0.2) is 6.29 Å². The van der Waals surface area contributed by atoms with E-state index in [9.17, 15) is 0 Å². The highest BCUT2D eigenvalue weighted by Gasteiger charge is 1.90. The van der Waals surface area contributed by atoms with Crippen LogP contribution in [0.2, 0.25) is 0 Å². The van der Waals surface area contributed by atoms with E-state index in [-0.39, 0.29) is 0 Å². The van der Waals surface area contributed by atoms with Gasteiger partial charge in [-0.25, -0.2) is 0 Å². The number of aliphatic hydroxyl groups is 1. The van der Waals surface area contributed by atoms with Crippen LogP contribution < -0.4 is 0 Å². The van der Waals surface area contributed by atoms with Gasteiger partial charge in [-0.05, 0) is 6.92 Å². The zero-order chi connectivity index (χ0) is 7.82. The summed E-state index contributed by atoms with van der Waals surface area (Å²) in [6.07, 6.45) is 0.0369. The van der Waals surface area contributed by atoms with Crippen molar-refractivity contribution in [2.45, 2.75) is 19.6 Å². The van der Waals surface area contributed by atoms with Crippen LogP contribution in [-0.4, -0.2) is 22.4 Å². The number of ether oxygens (including phenoxy) is 1. The van der Waals surface area contributed by atoms with Crippen LogP contribution in [0.5, 0.6) is 0 Å². The van der Waals surface area contributed by atoms with Crippen molar-refractivity contribution < 1.29 is 9.84 Å². The quantitative estimate of drug-likeness (QED) is 0.269. The van der Waals surface area contributed by atoms with E-state index in [4.69, 9.17) is 9.84 Å². The summed E-state index contributed by atoms with van der Waals surface area (Å²) in [5.74, 6) is 5.79. The second kappa shape index (κ2) is 7.32. The summed E-state index contributed by atoms with van der Waals surface area (Å²) < 4.78 is 5.69. The van der Waals surface area contributed by atoms with Crippen molar-refractivity contribution in [2.75, 3.05) is 11.0 Å². The highest BCUT2D eigenvalue weighted by atomic mass is 127. The van der Waals surface area contributed by atoms with E-state index in [0.29, 0.717) is 13.0 Å². The molecule has 0 saturated heterocycles. The Hall–Kier alpha value is 0.210. The lowest BCUT2D eigenvalue weighted by Crippen LogP contribution is -2.06. The monoisotopic (exact) mass is 254 g/mol. The minimum absolute atomic E-state index is 0.515. The summed E-state index contributed by atoms with van der Waals surface area (Å²) in [4.78, 5) is 0. The third-order valence-electron chi connectivity index (χ3n) is 0.778. The maximum absolute atomic E-state index is 8.64. The molecule has 0 amide bonds. The molecule has 1 unspecified atom stereocenters. The lowest BCUT2D eigenvalue weighted by molar-refractivity contribution is -0.0829. The number of hydrogen-bond donors (Lipinski definition) is 1. The standard InChI is InChI=1S/C7H11IO2/c1-7(9)10-6-4-2-3-5-8/h7,9H,4-6H2,1H3. The summed E-state index contributed by atoms with van der Waals surface area (Å²) in [5.41, 5.74) is 0. The molecule has 1 atom stereocenters. The summed E-state index contributed by atoms with van der Waals surface area (Å²) in [5, 5.41) is 8.64. The van der Waals surface area contributed by atoms with Crippen LogP contribution in [0.4, 0.5) is 0 Å². The van der Waals surface area contributed by atoms with Gasteiger partial charge >= 0.3 is 0 Å². The minimum Gasteiger partial charge on any atom is -0.368 e. The van der Waals surface area contributed by atoms with Crippen LogP contribution >= 0.6 is 22.6 Å². The van der Waals surface area contributed by atoms with Gasteiger partial charge < -0.3 is 9.84 Å². The maximum Gasteiger partial charge on any atom is 0.151 e. The van der Waals surface area contributed by atoms with E-state index < -0.39 is 6.29 Å². The van der Waals surface area contributed by atoms with Crippen molar-refractivity contribution in [3.05, 3.63) is 0 Å². The molecular formula is C7H11IO2. The Morgan fingerprint density at radius 1 is 1.60 bits per heavy atom. The summed E-state index contributed by atoms with van der Waals surface area (Å²) in [6, 6.07) is 0.